The molecule has 0 bridgehead atoms. The van der Waals surface area contributed by atoms with Gasteiger partial charge >= 0.3 is 0 Å². The van der Waals surface area contributed by atoms with Crippen LogP contribution < -0.4 is 0 Å². The zero-order chi connectivity index (χ0) is 6.57. The maximum Gasteiger partial charge on any atom is 0.133 e. The van der Waals surface area contributed by atoms with Crippen LogP contribution in [0.3, 0.4) is 0 Å². The van der Waals surface area contributed by atoms with Crippen LogP contribution in [0.5, 0.6) is 0 Å². The average Bonchev–Trinajstić information content (AvgIpc) is 1.65. The predicted octanol–water partition coefficient (Wildman–Crippen LogP) is 0.463. The maximum absolute atomic E-state index is 10.2. The molecule has 0 rings (SSSR count). The van der Waals surface area contributed by atoms with Crippen molar-refractivity contribution in [1.82, 2.24) is 0 Å². The third-order valence-corrected chi connectivity index (χ3v) is 0.958. The van der Waals surface area contributed by atoms with Gasteiger partial charge in [-0.15, -0.1) is 0 Å². The Balaban J connectivity index is 3.38. The molecule has 0 radical (unpaired) electrons. The summed E-state index contributed by atoms with van der Waals surface area (Å²) in [5.74, 6) is -0.00269. The van der Waals surface area contributed by atoms with Crippen molar-refractivity contribution in [2.24, 2.45) is 0 Å². The molecule has 0 saturated heterocycles. The molecule has 1 unspecified atom stereocenters. The van der Waals surface area contributed by atoms with E-state index in [1.165, 1.54) is 6.92 Å². The van der Waals surface area contributed by atoms with Gasteiger partial charge in [-0.3, -0.25) is 4.79 Å². The Kier molecular flexibility index (Phi) is 3.52. The first-order valence-electron chi connectivity index (χ1n) is 2.29. The molecule has 3 heteroatoms. The van der Waals surface area contributed by atoms with Crippen molar-refractivity contribution < 1.29 is 9.59 Å². The van der Waals surface area contributed by atoms with Crippen LogP contribution in [0.1, 0.15) is 13.3 Å². The maximum atomic E-state index is 10.2. The van der Waals surface area contributed by atoms with Crippen molar-refractivity contribution in [2.45, 2.75) is 18.6 Å². The van der Waals surface area contributed by atoms with Crippen LogP contribution in [0.25, 0.3) is 0 Å². The Morgan fingerprint density at radius 1 is 1.88 bits per heavy atom. The van der Waals surface area contributed by atoms with Crippen molar-refractivity contribution in [1.29, 1.82) is 0 Å². The summed E-state index contributed by atoms with van der Waals surface area (Å²) in [5.41, 5.74) is 0. The molecule has 0 aliphatic rings. The number of thiol groups is 1. The number of carbonyl (C=O) groups is 2. The summed E-state index contributed by atoms with van der Waals surface area (Å²) in [6, 6.07) is 0. The fourth-order valence-electron chi connectivity index (χ4n) is 0.343. The van der Waals surface area contributed by atoms with E-state index < -0.39 is 5.25 Å². The van der Waals surface area contributed by atoms with Gasteiger partial charge in [-0.2, -0.15) is 12.6 Å². The number of ketones is 1. The van der Waals surface area contributed by atoms with Crippen LogP contribution in [0, 0.1) is 0 Å². The third kappa shape index (κ3) is 3.87. The zero-order valence-corrected chi connectivity index (χ0v) is 5.52. The lowest BCUT2D eigenvalue weighted by Gasteiger charge is -1.93. The number of aldehydes is 1. The monoisotopic (exact) mass is 132 g/mol. The normalized spacial score (nSPS) is 12.8. The van der Waals surface area contributed by atoms with E-state index in [1.807, 2.05) is 0 Å². The smallest absolute Gasteiger partial charge is 0.133 e. The molecule has 0 aromatic heterocycles. The molecular formula is C5H8O2S. The van der Waals surface area contributed by atoms with Gasteiger partial charge in [0.2, 0.25) is 0 Å². The van der Waals surface area contributed by atoms with Gasteiger partial charge in [0.15, 0.2) is 0 Å². The largest absolute Gasteiger partial charge is 0.302 e. The highest BCUT2D eigenvalue weighted by Crippen LogP contribution is 1.96. The van der Waals surface area contributed by atoms with Crippen LogP contribution >= 0.6 is 12.6 Å². The molecule has 0 aliphatic heterocycles. The fourth-order valence-corrected chi connectivity index (χ4v) is 0.600. The highest BCUT2D eigenvalue weighted by Gasteiger charge is 2.01. The van der Waals surface area contributed by atoms with E-state index in [1.54, 1.807) is 0 Å². The van der Waals surface area contributed by atoms with Gasteiger partial charge in [0, 0.05) is 6.42 Å². The highest BCUT2D eigenvalue weighted by atomic mass is 32.1. The summed E-state index contributed by atoms with van der Waals surface area (Å²) in [7, 11) is 0. The average molecular weight is 132 g/mol. The lowest BCUT2D eigenvalue weighted by Crippen LogP contribution is -2.05. The van der Waals surface area contributed by atoms with Crippen LogP contribution in [0.4, 0.5) is 0 Å². The zero-order valence-electron chi connectivity index (χ0n) is 4.63. The molecule has 0 aliphatic carbocycles. The second kappa shape index (κ2) is 3.66. The molecule has 0 N–H and O–H groups in total. The van der Waals surface area contributed by atoms with Crippen molar-refractivity contribution in [3.05, 3.63) is 0 Å². The van der Waals surface area contributed by atoms with Gasteiger partial charge in [-0.05, 0) is 6.92 Å². The molecule has 2 nitrogen and oxygen atoms in total. The molecule has 0 amide bonds. The van der Waals surface area contributed by atoms with Gasteiger partial charge in [-0.25, -0.2) is 0 Å². The molecule has 0 spiro atoms. The molecule has 0 saturated carbocycles. The van der Waals surface area contributed by atoms with E-state index in [0.29, 0.717) is 6.29 Å². The van der Waals surface area contributed by atoms with Crippen molar-refractivity contribution in [3.8, 4) is 0 Å². The van der Waals surface area contributed by atoms with Crippen molar-refractivity contribution in [3.63, 3.8) is 0 Å². The van der Waals surface area contributed by atoms with Gasteiger partial charge < -0.3 is 4.79 Å². The van der Waals surface area contributed by atoms with Gasteiger partial charge in [0.25, 0.3) is 0 Å². The van der Waals surface area contributed by atoms with Crippen LogP contribution in [-0.2, 0) is 9.59 Å². The Bertz CT molecular complexity index is 101. The first-order valence-corrected chi connectivity index (χ1v) is 2.81. The number of hydrogen-bond donors (Lipinski definition) is 1. The number of rotatable bonds is 3. The molecule has 1 atom stereocenters. The van der Waals surface area contributed by atoms with E-state index in [4.69, 9.17) is 0 Å². The van der Waals surface area contributed by atoms with Gasteiger partial charge in [0.1, 0.15) is 12.1 Å². The standard InChI is InChI=1S/C5H8O2S/c1-4(7)2-5(8)3-6/h3,5,8H,2H2,1H3. The number of hydrogen-bond acceptors (Lipinski definition) is 3. The fraction of sp³-hybridized carbons (Fsp3) is 0.600. The molecule has 0 fully saturated rings. The third-order valence-electron chi connectivity index (χ3n) is 0.654. The second-order valence-corrected chi connectivity index (χ2v) is 2.27. The first kappa shape index (κ1) is 7.69. The highest BCUT2D eigenvalue weighted by molar-refractivity contribution is 7.81. The summed E-state index contributed by atoms with van der Waals surface area (Å²) < 4.78 is 0. The van der Waals surface area contributed by atoms with E-state index >= 15 is 0 Å². The Labute approximate surface area is 53.7 Å². The quantitative estimate of drug-likeness (QED) is 0.447. The van der Waals surface area contributed by atoms with Crippen LogP contribution in [0.2, 0.25) is 0 Å². The molecular weight excluding hydrogens is 124 g/mol. The molecule has 46 valence electrons. The van der Waals surface area contributed by atoms with E-state index in [-0.39, 0.29) is 12.2 Å². The summed E-state index contributed by atoms with van der Waals surface area (Å²) in [5, 5.41) is -0.410. The lowest BCUT2D eigenvalue weighted by molar-refractivity contribution is -0.118. The topological polar surface area (TPSA) is 34.1 Å². The molecule has 0 heterocycles. The minimum Gasteiger partial charge on any atom is -0.302 e. The molecule has 0 aromatic rings. The van der Waals surface area contributed by atoms with E-state index in [2.05, 4.69) is 12.6 Å². The van der Waals surface area contributed by atoms with Gasteiger partial charge in [0.05, 0.1) is 5.25 Å². The van der Waals surface area contributed by atoms with E-state index in [0.717, 1.165) is 0 Å². The lowest BCUT2D eigenvalue weighted by atomic mass is 10.2. The Morgan fingerprint density at radius 3 is 2.50 bits per heavy atom. The Hall–Kier alpha value is -0.310. The SMILES string of the molecule is CC(=O)CC(S)C=O. The van der Waals surface area contributed by atoms with E-state index in [9.17, 15) is 9.59 Å². The van der Waals surface area contributed by atoms with Crippen molar-refractivity contribution in [2.75, 3.05) is 0 Å². The summed E-state index contributed by atoms with van der Waals surface area (Å²) >= 11 is 3.78. The minimum atomic E-state index is -0.410. The number of carbonyl (C=O) groups excluding carboxylic acids is 2. The Morgan fingerprint density at radius 2 is 2.38 bits per heavy atom. The summed E-state index contributed by atoms with van der Waals surface area (Å²) in [6.07, 6.45) is 0.900. The van der Waals surface area contributed by atoms with Gasteiger partial charge in [-0.1, -0.05) is 0 Å². The molecule has 8 heavy (non-hydrogen) atoms. The second-order valence-electron chi connectivity index (χ2n) is 1.61. The summed E-state index contributed by atoms with van der Waals surface area (Å²) in [6.45, 7) is 1.44. The predicted molar refractivity (Wildman–Crippen MR) is 34.1 cm³/mol. The van der Waals surface area contributed by atoms with Crippen LogP contribution in [0.15, 0.2) is 0 Å². The number of Topliss-reactive ketones (excluding diaryl/α,β-unsaturated/α-hetero) is 1. The first-order chi connectivity index (χ1) is 3.66. The van der Waals surface area contributed by atoms with Crippen LogP contribution in [-0.4, -0.2) is 17.3 Å². The molecule has 0 aromatic carbocycles. The minimum absolute atomic E-state index is 0.00269. The summed E-state index contributed by atoms with van der Waals surface area (Å²) in [4.78, 5) is 20.0. The van der Waals surface area contributed by atoms with Crippen molar-refractivity contribution >= 4 is 24.7 Å².